The lowest BCUT2D eigenvalue weighted by Gasteiger charge is -2.16. The van der Waals surface area contributed by atoms with Gasteiger partial charge < -0.3 is 10.5 Å². The summed E-state index contributed by atoms with van der Waals surface area (Å²) < 4.78 is 5.59. The van der Waals surface area contributed by atoms with Crippen LogP contribution in [0.25, 0.3) is 0 Å². The third-order valence-corrected chi connectivity index (χ3v) is 2.66. The molecule has 2 N–H and O–H groups in total. The summed E-state index contributed by atoms with van der Waals surface area (Å²) in [5.74, 6) is 1.28. The Kier molecular flexibility index (Phi) is 4.68. The highest BCUT2D eigenvalue weighted by Crippen LogP contribution is 2.21. The zero-order valence-electron chi connectivity index (χ0n) is 10.6. The summed E-state index contributed by atoms with van der Waals surface area (Å²) >= 11 is 0. The van der Waals surface area contributed by atoms with Crippen molar-refractivity contribution in [2.75, 3.05) is 12.3 Å². The SMILES string of the molecule is CCOC(CC)c1nc(N)c(C)c(CC)n1. The Morgan fingerprint density at radius 1 is 1.25 bits per heavy atom. The molecule has 0 aliphatic heterocycles. The highest BCUT2D eigenvalue weighted by molar-refractivity contribution is 5.41. The van der Waals surface area contributed by atoms with E-state index in [1.54, 1.807) is 0 Å². The molecule has 4 nitrogen and oxygen atoms in total. The van der Waals surface area contributed by atoms with Crippen LogP contribution in [0.5, 0.6) is 0 Å². The van der Waals surface area contributed by atoms with E-state index in [9.17, 15) is 0 Å². The van der Waals surface area contributed by atoms with Crippen LogP contribution < -0.4 is 5.73 Å². The molecule has 1 unspecified atom stereocenters. The van der Waals surface area contributed by atoms with Crippen LogP contribution in [0.4, 0.5) is 5.82 Å². The quantitative estimate of drug-likeness (QED) is 0.832. The van der Waals surface area contributed by atoms with E-state index in [4.69, 9.17) is 10.5 Å². The Morgan fingerprint density at radius 3 is 2.44 bits per heavy atom. The van der Waals surface area contributed by atoms with Crippen molar-refractivity contribution in [3.63, 3.8) is 0 Å². The van der Waals surface area contributed by atoms with Crippen molar-refractivity contribution < 1.29 is 4.74 Å². The molecule has 0 spiro atoms. The Balaban J connectivity index is 3.08. The first-order valence-electron chi connectivity index (χ1n) is 5.88. The van der Waals surface area contributed by atoms with Crippen molar-refractivity contribution >= 4 is 5.82 Å². The smallest absolute Gasteiger partial charge is 0.159 e. The number of nitrogen functional groups attached to an aromatic ring is 1. The van der Waals surface area contributed by atoms with E-state index in [1.165, 1.54) is 0 Å². The summed E-state index contributed by atoms with van der Waals surface area (Å²) in [6.07, 6.45) is 1.69. The van der Waals surface area contributed by atoms with Crippen LogP contribution in [0.1, 0.15) is 50.4 Å². The van der Waals surface area contributed by atoms with Gasteiger partial charge in [0.15, 0.2) is 5.82 Å². The third kappa shape index (κ3) is 2.70. The molecule has 90 valence electrons. The fraction of sp³-hybridized carbons (Fsp3) is 0.667. The molecular weight excluding hydrogens is 202 g/mol. The van der Waals surface area contributed by atoms with Gasteiger partial charge >= 0.3 is 0 Å². The van der Waals surface area contributed by atoms with Crippen LogP contribution in [-0.4, -0.2) is 16.6 Å². The molecule has 0 saturated carbocycles. The molecule has 0 amide bonds. The van der Waals surface area contributed by atoms with Crippen molar-refractivity contribution in [2.24, 2.45) is 0 Å². The number of hydrogen-bond donors (Lipinski definition) is 1. The number of nitrogens with zero attached hydrogens (tertiary/aromatic N) is 2. The van der Waals surface area contributed by atoms with E-state index in [2.05, 4.69) is 23.8 Å². The van der Waals surface area contributed by atoms with Crippen molar-refractivity contribution in [1.29, 1.82) is 0 Å². The fourth-order valence-electron chi connectivity index (χ4n) is 1.67. The van der Waals surface area contributed by atoms with E-state index < -0.39 is 0 Å². The molecule has 0 aliphatic rings. The zero-order valence-corrected chi connectivity index (χ0v) is 10.6. The second kappa shape index (κ2) is 5.80. The Labute approximate surface area is 97.2 Å². The molecule has 1 aromatic rings. The number of anilines is 1. The van der Waals surface area contributed by atoms with Crippen LogP contribution in [-0.2, 0) is 11.2 Å². The Morgan fingerprint density at radius 2 is 1.94 bits per heavy atom. The van der Waals surface area contributed by atoms with Crippen LogP contribution in [0.3, 0.4) is 0 Å². The summed E-state index contributed by atoms with van der Waals surface area (Å²) in [5.41, 5.74) is 7.88. The van der Waals surface area contributed by atoms with E-state index in [0.717, 1.165) is 24.1 Å². The fourth-order valence-corrected chi connectivity index (χ4v) is 1.67. The van der Waals surface area contributed by atoms with Gasteiger partial charge in [0.2, 0.25) is 0 Å². The van der Waals surface area contributed by atoms with Crippen molar-refractivity contribution in [1.82, 2.24) is 9.97 Å². The molecule has 1 atom stereocenters. The van der Waals surface area contributed by atoms with Gasteiger partial charge in [-0.05, 0) is 26.7 Å². The molecule has 1 rings (SSSR count). The molecule has 0 fully saturated rings. The normalized spacial score (nSPS) is 12.8. The van der Waals surface area contributed by atoms with Crippen LogP contribution in [0.15, 0.2) is 0 Å². The lowest BCUT2D eigenvalue weighted by Crippen LogP contribution is -2.12. The largest absolute Gasteiger partial charge is 0.383 e. The van der Waals surface area contributed by atoms with Gasteiger partial charge in [0.25, 0.3) is 0 Å². The maximum absolute atomic E-state index is 5.88. The van der Waals surface area contributed by atoms with Gasteiger partial charge in [0, 0.05) is 17.9 Å². The first-order chi connectivity index (χ1) is 7.63. The maximum Gasteiger partial charge on any atom is 0.159 e. The van der Waals surface area contributed by atoms with E-state index in [1.807, 2.05) is 13.8 Å². The predicted molar refractivity (Wildman–Crippen MR) is 65.2 cm³/mol. The van der Waals surface area contributed by atoms with Crippen LogP contribution >= 0.6 is 0 Å². The topological polar surface area (TPSA) is 61.0 Å². The third-order valence-electron chi connectivity index (χ3n) is 2.66. The van der Waals surface area contributed by atoms with Gasteiger partial charge in [-0.2, -0.15) is 0 Å². The number of nitrogens with two attached hydrogens (primary N) is 1. The van der Waals surface area contributed by atoms with Crippen molar-refractivity contribution in [3.8, 4) is 0 Å². The average Bonchev–Trinajstić information content (AvgIpc) is 2.29. The van der Waals surface area contributed by atoms with E-state index >= 15 is 0 Å². The summed E-state index contributed by atoms with van der Waals surface area (Å²) in [6.45, 7) is 8.73. The molecule has 0 aliphatic carbocycles. The highest BCUT2D eigenvalue weighted by atomic mass is 16.5. The zero-order chi connectivity index (χ0) is 12.1. The summed E-state index contributed by atoms with van der Waals surface area (Å²) in [7, 11) is 0. The minimum atomic E-state index is -0.0433. The minimum Gasteiger partial charge on any atom is -0.383 e. The summed E-state index contributed by atoms with van der Waals surface area (Å²) in [5, 5.41) is 0. The molecular formula is C12H21N3O. The van der Waals surface area contributed by atoms with Crippen molar-refractivity contribution in [3.05, 3.63) is 17.1 Å². The molecule has 1 aromatic heterocycles. The molecule has 0 radical (unpaired) electrons. The molecule has 16 heavy (non-hydrogen) atoms. The molecule has 0 aromatic carbocycles. The molecule has 0 bridgehead atoms. The molecule has 4 heteroatoms. The number of aryl methyl sites for hydroxylation is 1. The van der Waals surface area contributed by atoms with Crippen LogP contribution in [0, 0.1) is 6.92 Å². The Hall–Kier alpha value is -1.16. The predicted octanol–water partition coefficient (Wildman–Crippen LogP) is 2.42. The van der Waals surface area contributed by atoms with Gasteiger partial charge in [0.05, 0.1) is 0 Å². The van der Waals surface area contributed by atoms with Gasteiger partial charge in [-0.25, -0.2) is 9.97 Å². The molecule has 0 saturated heterocycles. The van der Waals surface area contributed by atoms with Gasteiger partial charge in [-0.1, -0.05) is 13.8 Å². The average molecular weight is 223 g/mol. The lowest BCUT2D eigenvalue weighted by atomic mass is 10.1. The summed E-state index contributed by atoms with van der Waals surface area (Å²) in [4.78, 5) is 8.84. The lowest BCUT2D eigenvalue weighted by molar-refractivity contribution is 0.0534. The first-order valence-corrected chi connectivity index (χ1v) is 5.88. The minimum absolute atomic E-state index is 0.0433. The number of rotatable bonds is 5. The number of aromatic nitrogens is 2. The van der Waals surface area contributed by atoms with Gasteiger partial charge in [-0.15, -0.1) is 0 Å². The monoisotopic (exact) mass is 223 g/mol. The summed E-state index contributed by atoms with van der Waals surface area (Å²) in [6, 6.07) is 0. The standard InChI is InChI=1S/C12H21N3O/c1-5-9-8(4)11(13)15-12(14-9)10(6-2)16-7-3/h10H,5-7H2,1-4H3,(H2,13,14,15). The van der Waals surface area contributed by atoms with Gasteiger partial charge in [0.1, 0.15) is 11.9 Å². The second-order valence-electron chi connectivity index (χ2n) is 3.74. The first kappa shape index (κ1) is 12.9. The number of ether oxygens (including phenoxy) is 1. The van der Waals surface area contributed by atoms with Gasteiger partial charge in [-0.3, -0.25) is 0 Å². The maximum atomic E-state index is 5.88. The highest BCUT2D eigenvalue weighted by Gasteiger charge is 2.15. The van der Waals surface area contributed by atoms with E-state index in [-0.39, 0.29) is 6.10 Å². The second-order valence-corrected chi connectivity index (χ2v) is 3.74. The number of hydrogen-bond acceptors (Lipinski definition) is 4. The Bertz CT molecular complexity index is 352. The van der Waals surface area contributed by atoms with Crippen LogP contribution in [0.2, 0.25) is 0 Å². The molecule has 1 heterocycles. The van der Waals surface area contributed by atoms with Crippen molar-refractivity contribution in [2.45, 2.75) is 46.6 Å². The van der Waals surface area contributed by atoms with E-state index in [0.29, 0.717) is 18.2 Å².